The van der Waals surface area contributed by atoms with Crippen molar-refractivity contribution in [2.45, 2.75) is 25.4 Å². The average molecular weight is 337 g/mol. The molecule has 1 aliphatic heterocycles. The van der Waals surface area contributed by atoms with Gasteiger partial charge in [-0.3, -0.25) is 10.1 Å². The van der Waals surface area contributed by atoms with E-state index in [1.807, 2.05) is 17.6 Å². The van der Waals surface area contributed by atoms with Gasteiger partial charge in [0, 0.05) is 23.7 Å². The highest BCUT2D eigenvalue weighted by atomic mass is 32.1. The molecule has 1 saturated heterocycles. The van der Waals surface area contributed by atoms with E-state index in [9.17, 15) is 4.79 Å². The fourth-order valence-electron chi connectivity index (χ4n) is 2.60. The Morgan fingerprint density at radius 1 is 1.50 bits per heavy atom. The zero-order chi connectivity index (χ0) is 15.4. The minimum atomic E-state index is -0.103. The van der Waals surface area contributed by atoms with Crippen molar-refractivity contribution in [2.24, 2.45) is 0 Å². The molecule has 0 atom stereocenters. The van der Waals surface area contributed by atoms with Gasteiger partial charge in [-0.2, -0.15) is 0 Å². The van der Waals surface area contributed by atoms with E-state index in [1.54, 1.807) is 18.4 Å². The summed E-state index contributed by atoms with van der Waals surface area (Å²) in [5.74, 6) is 0.462. The Morgan fingerprint density at radius 3 is 3.09 bits per heavy atom. The smallest absolute Gasteiger partial charge is 0.267 e. The first-order chi connectivity index (χ1) is 10.8. The SMILES string of the molecule is COCc1ccsc1C(=O)Nc1ncc(C2CCNCC2)s1. The molecular weight excluding hydrogens is 318 g/mol. The molecule has 118 valence electrons. The molecule has 1 aliphatic rings. The van der Waals surface area contributed by atoms with Gasteiger partial charge in [-0.05, 0) is 43.3 Å². The Bertz CT molecular complexity index is 632. The maximum absolute atomic E-state index is 12.4. The number of anilines is 1. The summed E-state index contributed by atoms with van der Waals surface area (Å²) >= 11 is 3.02. The van der Waals surface area contributed by atoms with Crippen LogP contribution in [0.5, 0.6) is 0 Å². The second kappa shape index (κ2) is 7.32. The van der Waals surface area contributed by atoms with Crippen LogP contribution in [0.1, 0.15) is 38.9 Å². The van der Waals surface area contributed by atoms with E-state index in [0.717, 1.165) is 31.5 Å². The first-order valence-electron chi connectivity index (χ1n) is 7.31. The van der Waals surface area contributed by atoms with Crippen molar-refractivity contribution in [2.75, 3.05) is 25.5 Å². The van der Waals surface area contributed by atoms with E-state index in [-0.39, 0.29) is 5.91 Å². The first-order valence-corrected chi connectivity index (χ1v) is 9.00. The summed E-state index contributed by atoms with van der Waals surface area (Å²) in [6, 6.07) is 1.92. The molecule has 3 heterocycles. The average Bonchev–Trinajstić information content (AvgIpc) is 3.18. The zero-order valence-electron chi connectivity index (χ0n) is 12.4. The second-order valence-electron chi connectivity index (χ2n) is 5.25. The van der Waals surface area contributed by atoms with Gasteiger partial charge in [0.25, 0.3) is 5.91 Å². The lowest BCUT2D eigenvalue weighted by Gasteiger charge is -2.20. The van der Waals surface area contributed by atoms with Gasteiger partial charge in [0.15, 0.2) is 5.13 Å². The summed E-state index contributed by atoms with van der Waals surface area (Å²) in [6.07, 6.45) is 4.18. The number of amides is 1. The Kier molecular flexibility index (Phi) is 5.20. The van der Waals surface area contributed by atoms with Gasteiger partial charge in [0.05, 0.1) is 11.5 Å². The molecule has 2 aromatic rings. The number of thiophene rings is 1. The molecule has 0 aliphatic carbocycles. The van der Waals surface area contributed by atoms with E-state index in [0.29, 0.717) is 22.5 Å². The molecule has 1 fully saturated rings. The number of ether oxygens (including phenoxy) is 1. The van der Waals surface area contributed by atoms with Crippen LogP contribution >= 0.6 is 22.7 Å². The molecule has 2 N–H and O–H groups in total. The number of aromatic nitrogens is 1. The van der Waals surface area contributed by atoms with E-state index in [1.165, 1.54) is 16.2 Å². The highest BCUT2D eigenvalue weighted by molar-refractivity contribution is 7.16. The van der Waals surface area contributed by atoms with Crippen molar-refractivity contribution in [1.29, 1.82) is 0 Å². The highest BCUT2D eigenvalue weighted by Gasteiger charge is 2.19. The predicted molar refractivity (Wildman–Crippen MR) is 89.9 cm³/mol. The van der Waals surface area contributed by atoms with Crippen molar-refractivity contribution in [3.8, 4) is 0 Å². The molecule has 2 aromatic heterocycles. The summed E-state index contributed by atoms with van der Waals surface area (Å²) in [5, 5.41) is 8.86. The molecule has 0 saturated carbocycles. The topological polar surface area (TPSA) is 63.2 Å². The van der Waals surface area contributed by atoms with Crippen LogP contribution in [-0.2, 0) is 11.3 Å². The molecular formula is C15H19N3O2S2. The molecule has 0 bridgehead atoms. The van der Waals surface area contributed by atoms with Crippen LogP contribution in [0.2, 0.25) is 0 Å². The Hall–Kier alpha value is -1.28. The fraction of sp³-hybridized carbons (Fsp3) is 0.467. The van der Waals surface area contributed by atoms with Gasteiger partial charge in [-0.15, -0.1) is 22.7 Å². The van der Waals surface area contributed by atoms with Crippen LogP contribution in [0.25, 0.3) is 0 Å². The number of nitrogens with one attached hydrogen (secondary N) is 2. The minimum absolute atomic E-state index is 0.103. The number of piperidine rings is 1. The lowest BCUT2D eigenvalue weighted by molar-refractivity contribution is 0.102. The third-order valence-corrected chi connectivity index (χ3v) is 5.77. The Morgan fingerprint density at radius 2 is 2.32 bits per heavy atom. The normalized spacial score (nSPS) is 15.9. The largest absolute Gasteiger partial charge is 0.380 e. The third kappa shape index (κ3) is 3.55. The molecule has 0 radical (unpaired) electrons. The predicted octanol–water partition coefficient (Wildman–Crippen LogP) is 3.07. The van der Waals surface area contributed by atoms with Gasteiger partial charge >= 0.3 is 0 Å². The summed E-state index contributed by atoms with van der Waals surface area (Å²) in [6.45, 7) is 2.56. The lowest BCUT2D eigenvalue weighted by Crippen LogP contribution is -2.26. The van der Waals surface area contributed by atoms with Crippen molar-refractivity contribution in [3.05, 3.63) is 33.0 Å². The molecule has 22 heavy (non-hydrogen) atoms. The molecule has 0 aromatic carbocycles. The van der Waals surface area contributed by atoms with Crippen molar-refractivity contribution >= 4 is 33.7 Å². The Balaban J connectivity index is 1.66. The quantitative estimate of drug-likeness (QED) is 0.880. The van der Waals surface area contributed by atoms with Crippen LogP contribution in [-0.4, -0.2) is 31.1 Å². The van der Waals surface area contributed by atoms with E-state index >= 15 is 0 Å². The van der Waals surface area contributed by atoms with Crippen LogP contribution in [0, 0.1) is 0 Å². The fourth-order valence-corrected chi connectivity index (χ4v) is 4.38. The monoisotopic (exact) mass is 337 g/mol. The summed E-state index contributed by atoms with van der Waals surface area (Å²) < 4.78 is 5.12. The molecule has 1 amide bonds. The summed E-state index contributed by atoms with van der Waals surface area (Å²) in [4.78, 5) is 18.7. The van der Waals surface area contributed by atoms with Crippen LogP contribution < -0.4 is 10.6 Å². The molecule has 0 spiro atoms. The van der Waals surface area contributed by atoms with Crippen molar-refractivity contribution in [1.82, 2.24) is 10.3 Å². The highest BCUT2D eigenvalue weighted by Crippen LogP contribution is 2.32. The molecule has 7 heteroatoms. The number of methoxy groups -OCH3 is 1. The van der Waals surface area contributed by atoms with E-state index in [4.69, 9.17) is 4.74 Å². The second-order valence-corrected chi connectivity index (χ2v) is 7.23. The summed E-state index contributed by atoms with van der Waals surface area (Å²) in [7, 11) is 1.63. The van der Waals surface area contributed by atoms with Gasteiger partial charge in [-0.25, -0.2) is 4.98 Å². The van der Waals surface area contributed by atoms with Gasteiger partial charge in [0.1, 0.15) is 0 Å². The van der Waals surface area contributed by atoms with Gasteiger partial charge in [-0.1, -0.05) is 0 Å². The number of carbonyl (C=O) groups is 1. The van der Waals surface area contributed by atoms with Crippen LogP contribution in [0.15, 0.2) is 17.6 Å². The minimum Gasteiger partial charge on any atom is -0.380 e. The number of rotatable bonds is 5. The maximum atomic E-state index is 12.4. The number of nitrogens with zero attached hydrogens (tertiary/aromatic N) is 1. The van der Waals surface area contributed by atoms with E-state index < -0.39 is 0 Å². The Labute approximate surface area is 137 Å². The lowest BCUT2D eigenvalue weighted by atomic mass is 9.97. The van der Waals surface area contributed by atoms with Crippen molar-refractivity contribution < 1.29 is 9.53 Å². The molecule has 0 unspecified atom stereocenters. The number of thiazole rings is 1. The summed E-state index contributed by atoms with van der Waals surface area (Å²) in [5.41, 5.74) is 0.917. The zero-order valence-corrected chi connectivity index (χ0v) is 14.1. The number of hydrogen-bond donors (Lipinski definition) is 2. The van der Waals surface area contributed by atoms with Crippen molar-refractivity contribution in [3.63, 3.8) is 0 Å². The maximum Gasteiger partial charge on any atom is 0.267 e. The molecule has 3 rings (SSSR count). The number of hydrogen-bond acceptors (Lipinski definition) is 6. The molecule has 5 nitrogen and oxygen atoms in total. The van der Waals surface area contributed by atoms with Gasteiger partial charge in [0.2, 0.25) is 0 Å². The number of carbonyl (C=O) groups excluding carboxylic acids is 1. The van der Waals surface area contributed by atoms with Crippen LogP contribution in [0.4, 0.5) is 5.13 Å². The third-order valence-electron chi connectivity index (χ3n) is 3.74. The standard InChI is InChI=1S/C15H19N3O2S2/c1-20-9-11-4-7-21-13(11)14(19)18-15-17-8-12(22-15)10-2-5-16-6-3-10/h4,7-8,10,16H,2-3,5-6,9H2,1H3,(H,17,18,19). The first kappa shape index (κ1) is 15.6. The van der Waals surface area contributed by atoms with E-state index in [2.05, 4.69) is 15.6 Å². The van der Waals surface area contributed by atoms with Crippen LogP contribution in [0.3, 0.4) is 0 Å². The van der Waals surface area contributed by atoms with Gasteiger partial charge < -0.3 is 10.1 Å².